The molecule has 34 heavy (non-hydrogen) atoms. The van der Waals surface area contributed by atoms with Crippen LogP contribution >= 0.6 is 11.8 Å². The normalized spacial score (nSPS) is 11.6. The molecule has 0 atom stereocenters. The Morgan fingerprint density at radius 1 is 1.21 bits per heavy atom. The lowest BCUT2D eigenvalue weighted by atomic mass is 10.1. The quantitative estimate of drug-likeness (QED) is 0.111. The van der Waals surface area contributed by atoms with Crippen LogP contribution in [0.1, 0.15) is 29.5 Å². The van der Waals surface area contributed by atoms with Crippen LogP contribution in [0.4, 0.5) is 5.69 Å². The number of thioether (sulfide) groups is 1. The summed E-state index contributed by atoms with van der Waals surface area (Å²) in [5, 5.41) is 6.22. The van der Waals surface area contributed by atoms with Gasteiger partial charge in [0.15, 0.2) is 5.62 Å². The van der Waals surface area contributed by atoms with E-state index in [9.17, 15) is 14.4 Å². The average Bonchev–Trinajstić information content (AvgIpc) is 2.84. The summed E-state index contributed by atoms with van der Waals surface area (Å²) in [7, 11) is 3.21. The highest BCUT2D eigenvalue weighted by Gasteiger charge is 2.16. The van der Waals surface area contributed by atoms with E-state index < -0.39 is 0 Å². The van der Waals surface area contributed by atoms with E-state index in [-0.39, 0.29) is 29.0 Å². The lowest BCUT2D eigenvalue weighted by Crippen LogP contribution is -2.29. The number of nitrogens with zero attached hydrogens (tertiary/aromatic N) is 2. The first-order valence-corrected chi connectivity index (χ1v) is 11.3. The molecule has 0 saturated carbocycles. The van der Waals surface area contributed by atoms with Crippen molar-refractivity contribution in [1.29, 1.82) is 0 Å². The van der Waals surface area contributed by atoms with Crippen LogP contribution in [0.15, 0.2) is 52.5 Å². The van der Waals surface area contributed by atoms with Crippen LogP contribution < -0.4 is 21.6 Å². The molecule has 2 aromatic carbocycles. The first-order valence-electron chi connectivity index (χ1n) is 10.4. The zero-order valence-electron chi connectivity index (χ0n) is 19.4. The molecule has 180 valence electrons. The van der Waals surface area contributed by atoms with Crippen molar-refractivity contribution in [1.82, 2.24) is 4.90 Å². The summed E-state index contributed by atoms with van der Waals surface area (Å²) in [5.41, 5.74) is 9.25. The minimum Gasteiger partial charge on any atom is -0.496 e. The zero-order valence-corrected chi connectivity index (χ0v) is 20.2. The number of amidine groups is 1. The van der Waals surface area contributed by atoms with Gasteiger partial charge in [0, 0.05) is 31.3 Å². The summed E-state index contributed by atoms with van der Waals surface area (Å²) in [5.74, 6) is 5.57. The first-order chi connectivity index (χ1) is 16.3. The van der Waals surface area contributed by atoms with Crippen molar-refractivity contribution in [3.8, 4) is 5.75 Å². The van der Waals surface area contributed by atoms with E-state index in [0.717, 1.165) is 22.9 Å². The number of nitrogens with two attached hydrogens (primary N) is 2. The molecule has 0 aliphatic rings. The minimum atomic E-state index is -0.299. The molecule has 0 bridgehead atoms. The van der Waals surface area contributed by atoms with E-state index in [4.69, 9.17) is 16.3 Å². The van der Waals surface area contributed by atoms with Gasteiger partial charge in [-0.25, -0.2) is 0 Å². The number of aryl methyl sites for hydroxylation is 1. The molecule has 0 saturated heterocycles. The number of ether oxygens (including phenoxy) is 1. The number of methoxy groups -OCH3 is 1. The molecule has 0 radical (unpaired) electrons. The van der Waals surface area contributed by atoms with Crippen molar-refractivity contribution >= 4 is 46.8 Å². The summed E-state index contributed by atoms with van der Waals surface area (Å²) >= 11 is 0.816. The standard InChI is InChI=1S/C24H29N5O4S/c1-16-6-7-17(13-20(16)33-3)14-21(34-15-30)24(32)29(2)12-4-5-22(31)27-19-10-8-18(9-11-19)23(25)28-26/h6-11,13-15H,4-5,12,26H2,1-3H3,(H2,25,28)(H,27,31)/b21-14-. The third-order valence-electron chi connectivity index (χ3n) is 4.96. The van der Waals surface area contributed by atoms with Crippen LogP contribution in [0.5, 0.6) is 5.75 Å². The maximum Gasteiger partial charge on any atom is 0.260 e. The Morgan fingerprint density at radius 3 is 2.53 bits per heavy atom. The van der Waals surface area contributed by atoms with Crippen molar-refractivity contribution in [2.45, 2.75) is 19.8 Å². The fraction of sp³-hybridized carbons (Fsp3) is 0.250. The molecule has 2 aromatic rings. The predicted molar refractivity (Wildman–Crippen MR) is 137 cm³/mol. The highest BCUT2D eigenvalue weighted by Crippen LogP contribution is 2.24. The summed E-state index contributed by atoms with van der Waals surface area (Å²) in [6, 6.07) is 12.4. The number of anilines is 1. The molecule has 0 spiro atoms. The largest absolute Gasteiger partial charge is 0.496 e. The number of likely N-dealkylation sites (N-methyl/N-ethyl adjacent to an activating group) is 1. The van der Waals surface area contributed by atoms with Crippen LogP contribution in [-0.4, -0.2) is 48.9 Å². The SMILES string of the molecule is COc1cc(/C=C(\SC=O)C(=O)N(C)CCCC(=O)Nc2ccc(/C(N)=N/N)cc2)ccc1C. The van der Waals surface area contributed by atoms with Gasteiger partial charge in [-0.2, -0.15) is 5.10 Å². The fourth-order valence-electron chi connectivity index (χ4n) is 3.06. The van der Waals surface area contributed by atoms with Crippen LogP contribution in [0.3, 0.4) is 0 Å². The van der Waals surface area contributed by atoms with Gasteiger partial charge in [0.2, 0.25) is 5.91 Å². The molecular weight excluding hydrogens is 454 g/mol. The maximum absolute atomic E-state index is 12.9. The minimum absolute atomic E-state index is 0.182. The first kappa shape index (κ1) is 26.5. The number of rotatable bonds is 11. The Kier molecular flexibility index (Phi) is 10.2. The molecule has 2 amide bonds. The third-order valence-corrected chi connectivity index (χ3v) is 5.61. The van der Waals surface area contributed by atoms with E-state index in [1.165, 1.54) is 4.90 Å². The lowest BCUT2D eigenvalue weighted by Gasteiger charge is -2.18. The van der Waals surface area contributed by atoms with E-state index in [1.807, 2.05) is 25.1 Å². The van der Waals surface area contributed by atoms with Crippen molar-refractivity contribution in [3.05, 3.63) is 64.1 Å². The monoisotopic (exact) mass is 483 g/mol. The Hall–Kier alpha value is -3.79. The van der Waals surface area contributed by atoms with E-state index >= 15 is 0 Å². The second-order valence-electron chi connectivity index (χ2n) is 7.42. The van der Waals surface area contributed by atoms with E-state index in [2.05, 4.69) is 10.4 Å². The topological polar surface area (TPSA) is 140 Å². The van der Waals surface area contributed by atoms with Crippen LogP contribution in [0.25, 0.3) is 6.08 Å². The molecule has 10 heteroatoms. The van der Waals surface area contributed by atoms with Crippen molar-refractivity contribution < 1.29 is 19.1 Å². The summed E-state index contributed by atoms with van der Waals surface area (Å²) in [4.78, 5) is 38.0. The van der Waals surface area contributed by atoms with Gasteiger partial charge in [-0.1, -0.05) is 12.1 Å². The van der Waals surface area contributed by atoms with Gasteiger partial charge in [-0.05, 0) is 72.6 Å². The second kappa shape index (κ2) is 13.0. The third kappa shape index (κ3) is 7.66. The van der Waals surface area contributed by atoms with Crippen molar-refractivity contribution in [2.24, 2.45) is 16.7 Å². The van der Waals surface area contributed by atoms with Crippen LogP contribution in [-0.2, 0) is 14.4 Å². The molecule has 0 fully saturated rings. The molecular formula is C24H29N5O4S. The Morgan fingerprint density at radius 2 is 1.91 bits per heavy atom. The predicted octanol–water partition coefficient (Wildman–Crippen LogP) is 2.72. The van der Waals surface area contributed by atoms with Crippen molar-refractivity contribution in [2.75, 3.05) is 26.0 Å². The smallest absolute Gasteiger partial charge is 0.260 e. The lowest BCUT2D eigenvalue weighted by molar-refractivity contribution is -0.125. The zero-order chi connectivity index (χ0) is 25.1. The molecule has 0 aliphatic heterocycles. The summed E-state index contributed by atoms with van der Waals surface area (Å²) in [6.07, 6.45) is 2.33. The Balaban J connectivity index is 1.93. The number of hydrazone groups is 1. The van der Waals surface area contributed by atoms with Gasteiger partial charge >= 0.3 is 0 Å². The van der Waals surface area contributed by atoms with Gasteiger partial charge in [0.25, 0.3) is 5.91 Å². The van der Waals surface area contributed by atoms with Crippen LogP contribution in [0.2, 0.25) is 0 Å². The number of hydrogen-bond acceptors (Lipinski definition) is 7. The van der Waals surface area contributed by atoms with Gasteiger partial charge in [-0.3, -0.25) is 14.4 Å². The molecule has 2 rings (SSSR count). The second-order valence-corrected chi connectivity index (χ2v) is 8.29. The maximum atomic E-state index is 12.9. The van der Waals surface area contributed by atoms with Gasteiger partial charge in [0.05, 0.1) is 12.0 Å². The number of carbonyl (C=O) groups is 3. The number of carbonyl (C=O) groups excluding carboxylic acids is 3. The number of nitrogens with one attached hydrogen (secondary N) is 1. The van der Waals surface area contributed by atoms with E-state index in [1.54, 1.807) is 44.5 Å². The molecule has 0 unspecified atom stereocenters. The Labute approximate surface area is 203 Å². The van der Waals surface area contributed by atoms with Crippen molar-refractivity contribution in [3.63, 3.8) is 0 Å². The van der Waals surface area contributed by atoms with Crippen LogP contribution in [0, 0.1) is 6.92 Å². The highest BCUT2D eigenvalue weighted by molar-refractivity contribution is 8.16. The van der Waals surface area contributed by atoms with Gasteiger partial charge in [-0.15, -0.1) is 0 Å². The summed E-state index contributed by atoms with van der Waals surface area (Å²) < 4.78 is 5.32. The van der Waals surface area contributed by atoms with E-state index in [0.29, 0.717) is 35.6 Å². The summed E-state index contributed by atoms with van der Waals surface area (Å²) in [6.45, 7) is 2.27. The number of hydrogen-bond donors (Lipinski definition) is 3. The Bertz CT molecular complexity index is 1080. The molecule has 9 nitrogen and oxygen atoms in total. The highest BCUT2D eigenvalue weighted by atomic mass is 32.2. The molecule has 0 aliphatic carbocycles. The number of amides is 2. The fourth-order valence-corrected chi connectivity index (χ4v) is 3.63. The van der Waals surface area contributed by atoms with Gasteiger partial charge in [0.1, 0.15) is 11.6 Å². The molecule has 0 aromatic heterocycles. The number of benzene rings is 2. The molecule has 5 N–H and O–H groups in total. The molecule has 0 heterocycles. The average molecular weight is 484 g/mol. The van der Waals surface area contributed by atoms with Gasteiger partial charge < -0.3 is 26.5 Å².